The lowest BCUT2D eigenvalue weighted by molar-refractivity contribution is 0.448. The lowest BCUT2D eigenvalue weighted by Crippen LogP contribution is -1.91. The van der Waals surface area contributed by atoms with Crippen molar-refractivity contribution < 1.29 is 13.2 Å². The number of hydrogen-bond donors (Lipinski definition) is 0. The highest BCUT2D eigenvalue weighted by molar-refractivity contribution is 5.82. The number of halogens is 3. The fourth-order valence-electron chi connectivity index (χ4n) is 2.80. The number of allylic oxidation sites excluding steroid dienone is 2. The van der Waals surface area contributed by atoms with Crippen molar-refractivity contribution in [2.45, 2.75) is 19.8 Å². The van der Waals surface area contributed by atoms with E-state index in [1.807, 2.05) is 19.1 Å². The molecule has 0 aliphatic carbocycles. The molecule has 142 valence electrons. The third kappa shape index (κ3) is 4.97. The molecule has 0 amide bonds. The Labute approximate surface area is 162 Å². The zero-order chi connectivity index (χ0) is 19.9. The summed E-state index contributed by atoms with van der Waals surface area (Å²) in [5.41, 5.74) is 3.84. The first-order valence-electron chi connectivity index (χ1n) is 9.06. The molecular formula is C24H20F3N. The second-order valence-corrected chi connectivity index (χ2v) is 6.41. The van der Waals surface area contributed by atoms with Crippen LogP contribution in [0.5, 0.6) is 0 Å². The predicted octanol–water partition coefficient (Wildman–Crippen LogP) is 7.03. The highest BCUT2D eigenvalue weighted by Crippen LogP contribution is 2.25. The van der Waals surface area contributed by atoms with Crippen LogP contribution in [0, 0.1) is 17.5 Å². The molecule has 0 saturated heterocycles. The Morgan fingerprint density at radius 2 is 1.46 bits per heavy atom. The van der Waals surface area contributed by atoms with E-state index in [4.69, 9.17) is 0 Å². The second kappa shape index (κ2) is 9.18. The van der Waals surface area contributed by atoms with Crippen LogP contribution < -0.4 is 0 Å². The van der Waals surface area contributed by atoms with Crippen molar-refractivity contribution >= 4 is 11.9 Å². The lowest BCUT2D eigenvalue weighted by atomic mass is 10.0. The van der Waals surface area contributed by atoms with Crippen LogP contribution in [-0.4, -0.2) is 6.21 Å². The van der Waals surface area contributed by atoms with Gasteiger partial charge in [-0.1, -0.05) is 48.6 Å². The minimum Gasteiger partial charge on any atom is -0.256 e. The molecular weight excluding hydrogens is 359 g/mol. The van der Waals surface area contributed by atoms with Crippen LogP contribution in [0.4, 0.5) is 18.9 Å². The van der Waals surface area contributed by atoms with Gasteiger partial charge >= 0.3 is 0 Å². The average molecular weight is 379 g/mol. The van der Waals surface area contributed by atoms with E-state index in [2.05, 4.69) is 29.3 Å². The summed E-state index contributed by atoms with van der Waals surface area (Å²) in [6, 6.07) is 17.1. The highest BCUT2D eigenvalue weighted by atomic mass is 19.2. The maximum Gasteiger partial charge on any atom is 0.194 e. The van der Waals surface area contributed by atoms with Gasteiger partial charge in [0.25, 0.3) is 0 Å². The summed E-state index contributed by atoms with van der Waals surface area (Å²) in [6.07, 6.45) is 8.00. The van der Waals surface area contributed by atoms with Gasteiger partial charge in [-0.3, -0.25) is 4.99 Å². The summed E-state index contributed by atoms with van der Waals surface area (Å²) in [5, 5.41) is 0. The van der Waals surface area contributed by atoms with Crippen molar-refractivity contribution in [2.24, 2.45) is 4.99 Å². The van der Waals surface area contributed by atoms with E-state index in [0.717, 1.165) is 30.5 Å². The number of benzene rings is 3. The summed E-state index contributed by atoms with van der Waals surface area (Å²) in [6.45, 7) is 2.02. The van der Waals surface area contributed by atoms with E-state index in [0.29, 0.717) is 11.3 Å². The molecule has 0 fully saturated rings. The molecule has 3 rings (SSSR count). The Morgan fingerprint density at radius 3 is 2.07 bits per heavy atom. The molecule has 0 radical (unpaired) electrons. The fourth-order valence-corrected chi connectivity index (χ4v) is 2.80. The molecule has 0 aliphatic heterocycles. The highest BCUT2D eigenvalue weighted by Gasteiger charge is 2.11. The van der Waals surface area contributed by atoms with Gasteiger partial charge in [0.1, 0.15) is 0 Å². The number of hydrogen-bond acceptors (Lipinski definition) is 1. The van der Waals surface area contributed by atoms with Gasteiger partial charge in [-0.15, -0.1) is 0 Å². The summed E-state index contributed by atoms with van der Waals surface area (Å²) >= 11 is 0. The molecule has 1 nitrogen and oxygen atoms in total. The van der Waals surface area contributed by atoms with Crippen LogP contribution in [0.2, 0.25) is 0 Å². The smallest absolute Gasteiger partial charge is 0.194 e. The van der Waals surface area contributed by atoms with E-state index >= 15 is 0 Å². The monoisotopic (exact) mass is 379 g/mol. The van der Waals surface area contributed by atoms with Crippen molar-refractivity contribution in [3.8, 4) is 11.1 Å². The van der Waals surface area contributed by atoms with E-state index < -0.39 is 17.5 Å². The molecule has 0 aromatic heterocycles. The van der Waals surface area contributed by atoms with Crippen molar-refractivity contribution in [1.29, 1.82) is 0 Å². The average Bonchev–Trinajstić information content (AvgIpc) is 2.71. The molecule has 0 heterocycles. The third-order valence-corrected chi connectivity index (χ3v) is 4.36. The number of nitrogens with zero attached hydrogens (tertiary/aromatic N) is 1. The SMILES string of the molecule is C/C=C/CCc1ccc(C=Nc2ccc(-c3cc(F)c(F)c(F)c3)cc2)cc1. The van der Waals surface area contributed by atoms with Crippen LogP contribution in [0.1, 0.15) is 24.5 Å². The van der Waals surface area contributed by atoms with Crippen LogP contribution in [0.3, 0.4) is 0 Å². The van der Waals surface area contributed by atoms with E-state index in [9.17, 15) is 13.2 Å². The summed E-state index contributed by atoms with van der Waals surface area (Å²) in [4.78, 5) is 4.42. The molecule has 0 atom stereocenters. The number of aliphatic imine (C=N–C) groups is 1. The molecule has 0 aliphatic rings. The fraction of sp³-hybridized carbons (Fsp3) is 0.125. The lowest BCUT2D eigenvalue weighted by Gasteiger charge is -2.04. The van der Waals surface area contributed by atoms with Gasteiger partial charge in [0.2, 0.25) is 0 Å². The first kappa shape index (κ1) is 19.6. The van der Waals surface area contributed by atoms with Gasteiger partial charge in [0.15, 0.2) is 17.5 Å². The molecule has 4 heteroatoms. The van der Waals surface area contributed by atoms with Crippen LogP contribution in [-0.2, 0) is 6.42 Å². The van der Waals surface area contributed by atoms with Gasteiger partial charge in [0.05, 0.1) is 5.69 Å². The van der Waals surface area contributed by atoms with Gasteiger partial charge < -0.3 is 0 Å². The van der Waals surface area contributed by atoms with E-state index in [1.165, 1.54) is 5.56 Å². The first-order chi connectivity index (χ1) is 13.6. The van der Waals surface area contributed by atoms with Gasteiger partial charge in [-0.25, -0.2) is 13.2 Å². The Balaban J connectivity index is 1.68. The van der Waals surface area contributed by atoms with E-state index in [1.54, 1.807) is 30.5 Å². The van der Waals surface area contributed by atoms with Crippen molar-refractivity contribution in [2.75, 3.05) is 0 Å². The molecule has 28 heavy (non-hydrogen) atoms. The molecule has 0 saturated carbocycles. The standard InChI is InChI=1S/C24H20F3N/c1-2-3-4-5-17-6-8-18(9-7-17)16-28-21-12-10-19(11-13-21)20-14-22(25)24(27)23(26)15-20/h2-3,6-16H,4-5H2,1H3/b3-2+,28-16?. The van der Waals surface area contributed by atoms with Crippen LogP contribution >= 0.6 is 0 Å². The van der Waals surface area contributed by atoms with Gasteiger partial charge in [-0.2, -0.15) is 0 Å². The normalized spacial score (nSPS) is 11.6. The molecule has 0 bridgehead atoms. The third-order valence-electron chi connectivity index (χ3n) is 4.36. The van der Waals surface area contributed by atoms with Gasteiger partial charge in [0, 0.05) is 6.21 Å². The number of aryl methyl sites for hydroxylation is 1. The summed E-state index contributed by atoms with van der Waals surface area (Å²) in [7, 11) is 0. The Morgan fingerprint density at radius 1 is 0.821 bits per heavy atom. The Hall–Kier alpha value is -3.14. The molecule has 3 aromatic rings. The first-order valence-corrected chi connectivity index (χ1v) is 9.06. The maximum atomic E-state index is 13.4. The van der Waals surface area contributed by atoms with Crippen LogP contribution in [0.15, 0.2) is 77.8 Å². The zero-order valence-corrected chi connectivity index (χ0v) is 15.5. The molecule has 0 unspecified atom stereocenters. The number of rotatable bonds is 6. The van der Waals surface area contributed by atoms with Gasteiger partial charge in [-0.05, 0) is 66.3 Å². The van der Waals surface area contributed by atoms with Crippen LogP contribution in [0.25, 0.3) is 11.1 Å². The summed E-state index contributed by atoms with van der Waals surface area (Å²) in [5.74, 6) is -3.87. The minimum absolute atomic E-state index is 0.278. The van der Waals surface area contributed by atoms with E-state index in [-0.39, 0.29) is 5.56 Å². The Bertz CT molecular complexity index is 964. The second-order valence-electron chi connectivity index (χ2n) is 6.41. The summed E-state index contributed by atoms with van der Waals surface area (Å²) < 4.78 is 39.9. The molecule has 3 aromatic carbocycles. The van der Waals surface area contributed by atoms with Crippen molar-refractivity contribution in [3.05, 3.63) is 101 Å². The predicted molar refractivity (Wildman–Crippen MR) is 109 cm³/mol. The minimum atomic E-state index is -1.46. The molecule has 0 N–H and O–H groups in total. The Kier molecular flexibility index (Phi) is 6.43. The van der Waals surface area contributed by atoms with Crippen molar-refractivity contribution in [1.82, 2.24) is 0 Å². The quantitative estimate of drug-likeness (QED) is 0.248. The topological polar surface area (TPSA) is 12.4 Å². The zero-order valence-electron chi connectivity index (χ0n) is 15.5. The maximum absolute atomic E-state index is 13.4. The largest absolute Gasteiger partial charge is 0.256 e. The van der Waals surface area contributed by atoms with Crippen molar-refractivity contribution in [3.63, 3.8) is 0 Å². The molecule has 0 spiro atoms.